The molecular weight excluding hydrogens is 155 g/mol. The Morgan fingerprint density at radius 1 is 1.40 bits per heavy atom. The maximum absolute atomic E-state index is 2.73. The van der Waals surface area contributed by atoms with Gasteiger partial charge < -0.3 is 7.96 Å². The smallest absolute Gasteiger partial charge is 0.138 e. The van der Waals surface area contributed by atoms with E-state index in [9.17, 15) is 0 Å². The molecule has 0 aliphatic rings. The maximum atomic E-state index is 2.73. The first-order valence-corrected chi connectivity index (χ1v) is 8.77. The molecule has 0 bridgehead atoms. The number of rotatable bonds is 1. The van der Waals surface area contributed by atoms with Gasteiger partial charge >= 0.3 is 0 Å². The van der Waals surface area contributed by atoms with E-state index in [1.165, 1.54) is 7.96 Å². The van der Waals surface area contributed by atoms with Gasteiger partial charge in [0.2, 0.25) is 0 Å². The molecule has 0 aromatic carbocycles. The molecule has 0 aromatic heterocycles. The molecule has 0 N–H and O–H groups in total. The Kier molecular flexibility index (Phi) is 6.17. The summed E-state index contributed by atoms with van der Waals surface area (Å²) < 4.78 is 0. The first kappa shape index (κ1) is 7.15. The summed E-state index contributed by atoms with van der Waals surface area (Å²) in [6, 6.07) is 0. The van der Waals surface area contributed by atoms with Crippen molar-refractivity contribution in [2.45, 2.75) is 0 Å². The van der Waals surface area contributed by atoms with Gasteiger partial charge in [-0.25, -0.2) is 6.99 Å². The summed E-state index contributed by atoms with van der Waals surface area (Å²) in [7, 11) is 9.51. The van der Waals surface area contributed by atoms with Crippen LogP contribution in [0.3, 0.4) is 0 Å². The molecule has 5 heteroatoms. The van der Waals surface area contributed by atoms with Gasteiger partial charge in [-0.3, -0.25) is 8.93 Å². The van der Waals surface area contributed by atoms with E-state index in [0.717, 1.165) is 0 Å². The first-order chi connectivity index (χ1) is 2.27. The lowest BCUT2D eigenvalue weighted by Crippen LogP contribution is -0.986. The minimum absolute atomic E-state index is 0.170. The summed E-state index contributed by atoms with van der Waals surface area (Å²) in [4.78, 5) is 0. The molecule has 0 fully saturated rings. The van der Waals surface area contributed by atoms with Crippen LogP contribution >= 0.6 is 41.7 Å². The second-order valence-electron chi connectivity index (χ2n) is 0.495. The van der Waals surface area contributed by atoms with Crippen molar-refractivity contribution in [1.82, 2.24) is 0 Å². The maximum Gasteiger partial charge on any atom is -0.138 e. The average Bonchev–Trinajstić information content (AvgIpc) is 1.38. The van der Waals surface area contributed by atoms with E-state index in [2.05, 4.69) is 26.8 Å². The highest BCUT2D eigenvalue weighted by molar-refractivity contribution is 8.77. The first-order valence-electron chi connectivity index (χ1n) is 0.975. The van der Waals surface area contributed by atoms with Crippen molar-refractivity contribution in [3.05, 3.63) is 0 Å². The summed E-state index contributed by atoms with van der Waals surface area (Å²) >= 11 is 0. The lowest BCUT2D eigenvalue weighted by atomic mass is 29.1. The Labute approximate surface area is 42.4 Å². The van der Waals surface area contributed by atoms with Crippen molar-refractivity contribution in [1.29, 1.82) is 0 Å². The Morgan fingerprint density at radius 3 is 1.60 bits per heavy atom. The minimum Gasteiger partial charge on any atom is -0.474 e. The van der Waals surface area contributed by atoms with Crippen LogP contribution < -0.4 is 0 Å². The fraction of sp³-hybridized carbons (Fsp3) is 0. The van der Waals surface area contributed by atoms with Crippen LogP contribution in [-0.4, -0.2) is 0 Å². The van der Waals surface area contributed by atoms with Gasteiger partial charge in [0.15, 0.2) is 0 Å². The van der Waals surface area contributed by atoms with Crippen LogP contribution in [0.2, 0.25) is 0 Å². The SMILES string of the molecule is P[P-]P(P)P. The summed E-state index contributed by atoms with van der Waals surface area (Å²) in [5, 5.41) is 0. The molecule has 5 heavy (non-hydrogen) atoms. The average molecular weight is 161 g/mol. The van der Waals surface area contributed by atoms with Crippen molar-refractivity contribution in [2.75, 3.05) is 0 Å². The standard InChI is InChI=1S/H6P5/c1-4-5(2)3/h1-3H2/q-1. The zero-order valence-corrected chi connectivity index (χ0v) is 7.88. The van der Waals surface area contributed by atoms with Gasteiger partial charge in [-0.2, -0.15) is 0 Å². The van der Waals surface area contributed by atoms with Crippen molar-refractivity contribution < 1.29 is 0 Å². The molecule has 0 spiro atoms. The second kappa shape index (κ2) is 4.31. The van der Waals surface area contributed by atoms with Gasteiger partial charge in [-0.1, -0.05) is 0 Å². The fourth-order valence-electron chi connectivity index (χ4n) is 0. The van der Waals surface area contributed by atoms with Gasteiger partial charge in [-0.05, 0) is 0 Å². The normalized spacial score (nSPS) is 12.0. The molecule has 0 nitrogen and oxygen atoms in total. The quantitative estimate of drug-likeness (QED) is 0.518. The highest BCUT2D eigenvalue weighted by Crippen LogP contribution is 2.71. The molecule has 3 unspecified atom stereocenters. The van der Waals surface area contributed by atoms with Crippen LogP contribution in [0.4, 0.5) is 0 Å². The van der Waals surface area contributed by atoms with Crippen molar-refractivity contribution >= 4 is 41.7 Å². The Bertz CT molecular complexity index is 14.0. The minimum atomic E-state index is 0.170. The van der Waals surface area contributed by atoms with E-state index in [1.807, 2.05) is 0 Å². The van der Waals surface area contributed by atoms with Crippen molar-refractivity contribution in [3.8, 4) is 0 Å². The van der Waals surface area contributed by atoms with Crippen LogP contribution in [0.15, 0.2) is 0 Å². The van der Waals surface area contributed by atoms with Gasteiger partial charge in [-0.15, -0.1) is 17.9 Å². The largest absolute Gasteiger partial charge is 0.474 e. The van der Waals surface area contributed by atoms with Gasteiger partial charge in [0, 0.05) is 0 Å². The molecule has 0 saturated carbocycles. The Balaban J connectivity index is 2.54. The molecule has 0 heterocycles. The van der Waals surface area contributed by atoms with E-state index in [-0.39, 0.29) is 6.99 Å². The molecular formula is H6P5-. The molecule has 0 amide bonds. The van der Waals surface area contributed by atoms with Crippen LogP contribution in [0, 0.1) is 0 Å². The second-order valence-corrected chi connectivity index (χ2v) is 13.4. The summed E-state index contributed by atoms with van der Waals surface area (Å²) in [5.74, 6) is 0. The monoisotopic (exact) mass is 161 g/mol. The lowest BCUT2D eigenvalue weighted by molar-refractivity contribution is 5.07. The Morgan fingerprint density at radius 2 is 1.60 bits per heavy atom. The van der Waals surface area contributed by atoms with Gasteiger partial charge in [0.25, 0.3) is 0 Å². The van der Waals surface area contributed by atoms with Crippen LogP contribution in [0.25, 0.3) is 0 Å². The van der Waals surface area contributed by atoms with Gasteiger partial charge in [0.05, 0.1) is 0 Å². The molecule has 0 aliphatic carbocycles. The lowest BCUT2D eigenvalue weighted by Gasteiger charge is -2.13. The molecule has 0 rings (SSSR count). The van der Waals surface area contributed by atoms with Crippen molar-refractivity contribution in [2.24, 2.45) is 0 Å². The van der Waals surface area contributed by atoms with Crippen molar-refractivity contribution in [3.63, 3.8) is 0 Å². The van der Waals surface area contributed by atoms with E-state index in [0.29, 0.717) is 0 Å². The third kappa shape index (κ3) is 6.15. The number of hydrogen-bond donors (Lipinski definition) is 0. The predicted molar refractivity (Wildman–Crippen MR) is 43.0 cm³/mol. The molecule has 0 radical (unpaired) electrons. The van der Waals surface area contributed by atoms with E-state index in [4.69, 9.17) is 0 Å². The third-order valence-electron chi connectivity index (χ3n) is 0.133. The third-order valence-corrected chi connectivity index (χ3v) is 10.8. The van der Waals surface area contributed by atoms with E-state index < -0.39 is 0 Å². The molecule has 0 aliphatic heterocycles. The summed E-state index contributed by atoms with van der Waals surface area (Å²) in [5.41, 5.74) is 0. The zero-order valence-electron chi connectivity index (χ0n) is 2.63. The van der Waals surface area contributed by atoms with E-state index >= 15 is 0 Å². The van der Waals surface area contributed by atoms with E-state index in [1.54, 1.807) is 0 Å². The Hall–Kier alpha value is 2.15. The zero-order chi connectivity index (χ0) is 4.28. The predicted octanol–water partition coefficient (Wildman–Crippen LogP) is 2.70. The molecule has 0 saturated heterocycles. The van der Waals surface area contributed by atoms with Crippen LogP contribution in [-0.2, 0) is 0 Å². The van der Waals surface area contributed by atoms with Crippen LogP contribution in [0.1, 0.15) is 0 Å². The molecule has 32 valence electrons. The topological polar surface area (TPSA) is 0 Å². The fourth-order valence-corrected chi connectivity index (χ4v) is 0. The highest BCUT2D eigenvalue weighted by atomic mass is 32.8. The molecule has 3 atom stereocenters. The van der Waals surface area contributed by atoms with Crippen LogP contribution in [0.5, 0.6) is 0 Å². The highest BCUT2D eigenvalue weighted by Gasteiger charge is 1.59. The van der Waals surface area contributed by atoms with Gasteiger partial charge in [0.1, 0.15) is 0 Å². The summed E-state index contributed by atoms with van der Waals surface area (Å²) in [6.45, 7) is 0.170. The molecule has 0 aromatic rings. The summed E-state index contributed by atoms with van der Waals surface area (Å²) in [6.07, 6.45) is 0. The number of hydrogen-bond acceptors (Lipinski definition) is 0.